The number of thioether (sulfide) groups is 1. The van der Waals surface area contributed by atoms with Gasteiger partial charge < -0.3 is 4.90 Å². The topological polar surface area (TPSA) is 46.1 Å². The number of nitrogens with zero attached hydrogens (tertiary/aromatic N) is 3. The van der Waals surface area contributed by atoms with E-state index in [0.717, 1.165) is 30.4 Å². The van der Waals surface area contributed by atoms with E-state index in [-0.39, 0.29) is 16.8 Å². The largest absolute Gasteiger partial charge is 0.433 e. The minimum atomic E-state index is -4.50. The quantitative estimate of drug-likeness (QED) is 0.630. The molecule has 122 valence electrons. The van der Waals surface area contributed by atoms with Crippen LogP contribution in [-0.2, 0) is 11.0 Å². The van der Waals surface area contributed by atoms with Gasteiger partial charge >= 0.3 is 6.18 Å². The van der Waals surface area contributed by atoms with E-state index >= 15 is 0 Å². The van der Waals surface area contributed by atoms with E-state index in [1.807, 2.05) is 0 Å². The molecule has 1 saturated heterocycles. The smallest absolute Gasteiger partial charge is 0.341 e. The molecule has 0 radical (unpaired) electrons. The van der Waals surface area contributed by atoms with Gasteiger partial charge in [-0.15, -0.1) is 0 Å². The van der Waals surface area contributed by atoms with Gasteiger partial charge in [-0.25, -0.2) is 9.97 Å². The molecule has 8 heteroatoms. The summed E-state index contributed by atoms with van der Waals surface area (Å²) in [6.07, 6.45) is -2.35. The van der Waals surface area contributed by atoms with Crippen LogP contribution in [0.4, 0.5) is 13.2 Å². The van der Waals surface area contributed by atoms with Crippen LogP contribution in [0.25, 0.3) is 0 Å². The van der Waals surface area contributed by atoms with Crippen molar-refractivity contribution >= 4 is 17.7 Å². The van der Waals surface area contributed by atoms with Crippen molar-refractivity contribution in [1.29, 1.82) is 0 Å². The van der Waals surface area contributed by atoms with Crippen LogP contribution in [0, 0.1) is 11.8 Å². The highest BCUT2D eigenvalue weighted by Gasteiger charge is 2.33. The van der Waals surface area contributed by atoms with Crippen LogP contribution in [0.15, 0.2) is 17.4 Å². The molecule has 22 heavy (non-hydrogen) atoms. The molecule has 2 heterocycles. The number of likely N-dealkylation sites (tertiary alicyclic amines) is 1. The fraction of sp³-hybridized carbons (Fsp3) is 0.643. The molecule has 1 aliphatic heterocycles. The third-order valence-electron chi connectivity index (χ3n) is 3.47. The summed E-state index contributed by atoms with van der Waals surface area (Å²) in [5, 5.41) is -0.0266. The summed E-state index contributed by atoms with van der Waals surface area (Å²) < 4.78 is 37.7. The Kier molecular flexibility index (Phi) is 5.31. The summed E-state index contributed by atoms with van der Waals surface area (Å²) >= 11 is 0.941. The van der Waals surface area contributed by atoms with Crippen molar-refractivity contribution in [3.05, 3.63) is 18.0 Å². The fourth-order valence-corrected chi connectivity index (χ4v) is 3.39. The van der Waals surface area contributed by atoms with E-state index in [1.54, 1.807) is 4.90 Å². The van der Waals surface area contributed by atoms with Crippen molar-refractivity contribution in [3.63, 3.8) is 0 Å². The van der Waals surface area contributed by atoms with Crippen LogP contribution < -0.4 is 0 Å². The number of hydrogen-bond acceptors (Lipinski definition) is 4. The third kappa shape index (κ3) is 4.59. The molecule has 2 rings (SSSR count). The molecule has 0 bridgehead atoms. The van der Waals surface area contributed by atoms with Gasteiger partial charge in [-0.3, -0.25) is 4.79 Å². The van der Waals surface area contributed by atoms with Gasteiger partial charge in [-0.1, -0.05) is 25.6 Å². The lowest BCUT2D eigenvalue weighted by Gasteiger charge is -2.34. The maximum Gasteiger partial charge on any atom is 0.433 e. The number of piperidine rings is 1. The first-order valence-electron chi connectivity index (χ1n) is 7.06. The second-order valence-electron chi connectivity index (χ2n) is 5.76. The molecular formula is C14H18F3N3OS. The number of amides is 1. The predicted molar refractivity (Wildman–Crippen MR) is 77.3 cm³/mol. The van der Waals surface area contributed by atoms with Crippen molar-refractivity contribution in [1.82, 2.24) is 14.9 Å². The lowest BCUT2D eigenvalue weighted by Crippen LogP contribution is -2.43. The van der Waals surface area contributed by atoms with Gasteiger partial charge in [0.25, 0.3) is 0 Å². The molecule has 1 aliphatic rings. The van der Waals surface area contributed by atoms with E-state index in [4.69, 9.17) is 0 Å². The first-order valence-corrected chi connectivity index (χ1v) is 8.05. The molecule has 0 spiro atoms. The number of rotatable bonds is 3. The summed E-state index contributed by atoms with van der Waals surface area (Å²) in [5.74, 6) is 0.871. The zero-order valence-corrected chi connectivity index (χ0v) is 13.2. The zero-order valence-electron chi connectivity index (χ0n) is 12.4. The standard InChI is InChI=1S/C14H18F3N3OS/c1-9-5-10(2)7-20(6-9)12(21)8-22-13-18-4-3-11(19-13)14(15,16)17/h3-4,9-10H,5-8H2,1-2H3. The Morgan fingerprint density at radius 1 is 1.36 bits per heavy atom. The van der Waals surface area contributed by atoms with E-state index in [0.29, 0.717) is 24.9 Å². The van der Waals surface area contributed by atoms with Crippen molar-refractivity contribution in [3.8, 4) is 0 Å². The lowest BCUT2D eigenvalue weighted by atomic mass is 9.92. The Hall–Kier alpha value is -1.31. The van der Waals surface area contributed by atoms with Crippen LogP contribution in [0.3, 0.4) is 0 Å². The molecule has 1 fully saturated rings. The molecule has 4 nitrogen and oxygen atoms in total. The first-order chi connectivity index (χ1) is 10.3. The first kappa shape index (κ1) is 17.1. The zero-order chi connectivity index (χ0) is 16.3. The van der Waals surface area contributed by atoms with Crippen molar-refractivity contribution < 1.29 is 18.0 Å². The van der Waals surface area contributed by atoms with Crippen LogP contribution in [0.2, 0.25) is 0 Å². The number of carbonyl (C=O) groups excluding carboxylic acids is 1. The molecule has 0 N–H and O–H groups in total. The average molecular weight is 333 g/mol. The number of alkyl halides is 3. The summed E-state index contributed by atoms with van der Waals surface area (Å²) in [7, 11) is 0. The number of carbonyl (C=O) groups is 1. The van der Waals surface area contributed by atoms with E-state index < -0.39 is 11.9 Å². The maximum absolute atomic E-state index is 12.6. The van der Waals surface area contributed by atoms with Crippen LogP contribution >= 0.6 is 11.8 Å². The van der Waals surface area contributed by atoms with Gasteiger partial charge in [0, 0.05) is 19.3 Å². The molecule has 0 aliphatic carbocycles. The van der Waals surface area contributed by atoms with Crippen LogP contribution in [0.5, 0.6) is 0 Å². The van der Waals surface area contributed by atoms with Crippen LogP contribution in [0.1, 0.15) is 26.0 Å². The van der Waals surface area contributed by atoms with E-state index in [2.05, 4.69) is 23.8 Å². The minimum absolute atomic E-state index is 0.0266. The van der Waals surface area contributed by atoms with E-state index in [1.165, 1.54) is 0 Å². The number of hydrogen-bond donors (Lipinski definition) is 0. The monoisotopic (exact) mass is 333 g/mol. The Labute approximate surface area is 131 Å². The highest BCUT2D eigenvalue weighted by atomic mass is 32.2. The second-order valence-corrected chi connectivity index (χ2v) is 6.70. The molecular weight excluding hydrogens is 315 g/mol. The SMILES string of the molecule is CC1CC(C)CN(C(=O)CSc2nccc(C(F)(F)F)n2)C1. The summed E-state index contributed by atoms with van der Waals surface area (Å²) in [4.78, 5) is 21.2. The molecule has 2 unspecified atom stereocenters. The summed E-state index contributed by atoms with van der Waals surface area (Å²) in [6.45, 7) is 5.60. The number of aromatic nitrogens is 2. The van der Waals surface area contributed by atoms with Gasteiger partial charge in [0.2, 0.25) is 5.91 Å². The highest BCUT2D eigenvalue weighted by molar-refractivity contribution is 7.99. The van der Waals surface area contributed by atoms with Gasteiger partial charge in [-0.2, -0.15) is 13.2 Å². The van der Waals surface area contributed by atoms with Crippen LogP contribution in [-0.4, -0.2) is 39.6 Å². The van der Waals surface area contributed by atoms with Crippen molar-refractivity contribution in [2.24, 2.45) is 11.8 Å². The molecule has 0 saturated carbocycles. The van der Waals surface area contributed by atoms with Gasteiger partial charge in [-0.05, 0) is 24.3 Å². The maximum atomic E-state index is 12.6. The Morgan fingerprint density at radius 3 is 2.59 bits per heavy atom. The third-order valence-corrected chi connectivity index (χ3v) is 4.32. The normalized spacial score (nSPS) is 22.7. The van der Waals surface area contributed by atoms with Gasteiger partial charge in [0.05, 0.1) is 5.75 Å². The van der Waals surface area contributed by atoms with Crippen molar-refractivity contribution in [2.45, 2.75) is 31.6 Å². The minimum Gasteiger partial charge on any atom is -0.341 e. The lowest BCUT2D eigenvalue weighted by molar-refractivity contribution is -0.141. The summed E-state index contributed by atoms with van der Waals surface area (Å²) in [6, 6.07) is 0.819. The second kappa shape index (κ2) is 6.85. The number of halogens is 3. The summed E-state index contributed by atoms with van der Waals surface area (Å²) in [5.41, 5.74) is -0.988. The highest BCUT2D eigenvalue weighted by Crippen LogP contribution is 2.28. The molecule has 1 aromatic heterocycles. The molecule has 0 aromatic carbocycles. The molecule has 2 atom stereocenters. The van der Waals surface area contributed by atoms with E-state index in [9.17, 15) is 18.0 Å². The Morgan fingerprint density at radius 2 is 2.00 bits per heavy atom. The molecule has 1 aromatic rings. The predicted octanol–water partition coefficient (Wildman–Crippen LogP) is 3.09. The average Bonchev–Trinajstić information content (AvgIpc) is 2.43. The fourth-order valence-electron chi connectivity index (χ4n) is 2.65. The van der Waals surface area contributed by atoms with Gasteiger partial charge in [0.15, 0.2) is 5.16 Å². The Balaban J connectivity index is 1.94. The molecule has 1 amide bonds. The van der Waals surface area contributed by atoms with Crippen molar-refractivity contribution in [2.75, 3.05) is 18.8 Å². The Bertz CT molecular complexity index is 528. The van der Waals surface area contributed by atoms with Gasteiger partial charge in [0.1, 0.15) is 5.69 Å².